The van der Waals surface area contributed by atoms with Crippen LogP contribution in [0.25, 0.3) is 0 Å². The molecule has 1 amide bonds. The quantitative estimate of drug-likeness (QED) is 0.768. The number of para-hydroxylation sites is 1. The minimum absolute atomic E-state index is 0.00332. The standard InChI is InChI=1S/C14H20N2O2/c1-15-14(17)8-9-18-13-5-3-2-4-11(13)10-16-12-6-7-12/h2-5,12,16H,6-10H2,1H3,(H,15,17). The molecule has 0 spiro atoms. The van der Waals surface area contributed by atoms with E-state index >= 15 is 0 Å². The van der Waals surface area contributed by atoms with Crippen LogP contribution in [-0.4, -0.2) is 25.6 Å². The molecule has 0 aromatic heterocycles. The number of amides is 1. The molecule has 0 saturated heterocycles. The van der Waals surface area contributed by atoms with Crippen molar-refractivity contribution in [2.45, 2.75) is 31.8 Å². The van der Waals surface area contributed by atoms with E-state index in [0.717, 1.165) is 17.9 Å². The second-order valence-corrected chi connectivity index (χ2v) is 4.53. The van der Waals surface area contributed by atoms with Crippen molar-refractivity contribution in [1.82, 2.24) is 10.6 Å². The monoisotopic (exact) mass is 248 g/mol. The summed E-state index contributed by atoms with van der Waals surface area (Å²) in [6, 6.07) is 8.66. The predicted octanol–water partition coefficient (Wildman–Crippen LogP) is 1.45. The Bertz CT molecular complexity index is 403. The molecule has 0 aliphatic heterocycles. The van der Waals surface area contributed by atoms with Gasteiger partial charge in [0.15, 0.2) is 0 Å². The van der Waals surface area contributed by atoms with Gasteiger partial charge in [0, 0.05) is 25.2 Å². The van der Waals surface area contributed by atoms with Gasteiger partial charge in [-0.1, -0.05) is 18.2 Å². The molecular weight excluding hydrogens is 228 g/mol. The zero-order valence-corrected chi connectivity index (χ0v) is 10.7. The van der Waals surface area contributed by atoms with Gasteiger partial charge in [-0.15, -0.1) is 0 Å². The van der Waals surface area contributed by atoms with Crippen LogP contribution in [0.15, 0.2) is 24.3 Å². The van der Waals surface area contributed by atoms with Crippen LogP contribution in [0, 0.1) is 0 Å². The van der Waals surface area contributed by atoms with Crippen LogP contribution in [0.4, 0.5) is 0 Å². The summed E-state index contributed by atoms with van der Waals surface area (Å²) in [6.45, 7) is 1.25. The third-order valence-corrected chi connectivity index (χ3v) is 3.00. The fourth-order valence-corrected chi connectivity index (χ4v) is 1.71. The molecule has 0 atom stereocenters. The minimum Gasteiger partial charge on any atom is -0.493 e. The molecule has 0 bridgehead atoms. The van der Waals surface area contributed by atoms with Crippen LogP contribution < -0.4 is 15.4 Å². The van der Waals surface area contributed by atoms with Crippen LogP contribution in [0.5, 0.6) is 5.75 Å². The Hall–Kier alpha value is -1.55. The van der Waals surface area contributed by atoms with Crippen LogP contribution in [0.1, 0.15) is 24.8 Å². The second kappa shape index (κ2) is 6.40. The van der Waals surface area contributed by atoms with Gasteiger partial charge in [0.05, 0.1) is 13.0 Å². The normalized spacial score (nSPS) is 14.3. The topological polar surface area (TPSA) is 50.4 Å². The Morgan fingerprint density at radius 2 is 2.17 bits per heavy atom. The van der Waals surface area contributed by atoms with Gasteiger partial charge in [0.2, 0.25) is 5.91 Å². The van der Waals surface area contributed by atoms with Crippen LogP contribution in [0.3, 0.4) is 0 Å². The van der Waals surface area contributed by atoms with Gasteiger partial charge in [-0.05, 0) is 18.9 Å². The molecule has 2 N–H and O–H groups in total. The molecule has 4 nitrogen and oxygen atoms in total. The lowest BCUT2D eigenvalue weighted by Gasteiger charge is -2.11. The Morgan fingerprint density at radius 3 is 2.89 bits per heavy atom. The summed E-state index contributed by atoms with van der Waals surface area (Å²) in [5, 5.41) is 6.05. The molecular formula is C14H20N2O2. The Balaban J connectivity index is 1.83. The fourth-order valence-electron chi connectivity index (χ4n) is 1.71. The van der Waals surface area contributed by atoms with Crippen molar-refractivity contribution in [2.75, 3.05) is 13.7 Å². The molecule has 18 heavy (non-hydrogen) atoms. The summed E-state index contributed by atoms with van der Waals surface area (Å²) in [5.41, 5.74) is 1.15. The zero-order valence-electron chi connectivity index (χ0n) is 10.7. The molecule has 4 heteroatoms. The van der Waals surface area contributed by atoms with E-state index < -0.39 is 0 Å². The molecule has 0 unspecified atom stereocenters. The lowest BCUT2D eigenvalue weighted by Crippen LogP contribution is -2.20. The highest BCUT2D eigenvalue weighted by atomic mass is 16.5. The Kier molecular flexibility index (Phi) is 4.59. The molecule has 1 aliphatic carbocycles. The molecule has 1 aromatic rings. The van der Waals surface area contributed by atoms with Crippen molar-refractivity contribution in [3.63, 3.8) is 0 Å². The van der Waals surface area contributed by atoms with Crippen LogP contribution >= 0.6 is 0 Å². The molecule has 1 fully saturated rings. The zero-order chi connectivity index (χ0) is 12.8. The van der Waals surface area contributed by atoms with Gasteiger partial charge >= 0.3 is 0 Å². The van der Waals surface area contributed by atoms with E-state index in [1.165, 1.54) is 12.8 Å². The predicted molar refractivity (Wildman–Crippen MR) is 70.5 cm³/mol. The number of hydrogen-bond acceptors (Lipinski definition) is 3. The molecule has 2 rings (SSSR count). The van der Waals surface area contributed by atoms with Gasteiger partial charge in [-0.2, -0.15) is 0 Å². The SMILES string of the molecule is CNC(=O)CCOc1ccccc1CNC1CC1. The Labute approximate surface area is 108 Å². The van der Waals surface area contributed by atoms with E-state index in [2.05, 4.69) is 16.7 Å². The highest BCUT2D eigenvalue weighted by Crippen LogP contribution is 2.22. The molecule has 0 radical (unpaired) electrons. The second-order valence-electron chi connectivity index (χ2n) is 4.53. The van der Waals surface area contributed by atoms with Gasteiger partial charge < -0.3 is 15.4 Å². The summed E-state index contributed by atoms with van der Waals surface area (Å²) >= 11 is 0. The summed E-state index contributed by atoms with van der Waals surface area (Å²) in [5.74, 6) is 0.873. The Morgan fingerprint density at radius 1 is 1.39 bits per heavy atom. The lowest BCUT2D eigenvalue weighted by molar-refractivity contribution is -0.121. The third kappa shape index (κ3) is 4.04. The van der Waals surface area contributed by atoms with Crippen molar-refractivity contribution in [2.24, 2.45) is 0 Å². The van der Waals surface area contributed by atoms with Gasteiger partial charge in [-0.25, -0.2) is 0 Å². The maximum Gasteiger partial charge on any atom is 0.223 e. The summed E-state index contributed by atoms with van der Waals surface area (Å²) in [6.07, 6.45) is 2.94. The van der Waals surface area contributed by atoms with Crippen molar-refractivity contribution in [1.29, 1.82) is 0 Å². The fraction of sp³-hybridized carbons (Fsp3) is 0.500. The first-order valence-corrected chi connectivity index (χ1v) is 6.44. The number of hydrogen-bond donors (Lipinski definition) is 2. The number of benzene rings is 1. The van der Waals surface area contributed by atoms with Crippen LogP contribution in [-0.2, 0) is 11.3 Å². The molecule has 1 saturated carbocycles. The third-order valence-electron chi connectivity index (χ3n) is 3.00. The number of ether oxygens (including phenoxy) is 1. The molecule has 98 valence electrons. The molecule has 0 heterocycles. The van der Waals surface area contributed by atoms with E-state index in [1.54, 1.807) is 7.05 Å². The van der Waals surface area contributed by atoms with Crippen molar-refractivity contribution < 1.29 is 9.53 Å². The highest BCUT2D eigenvalue weighted by Gasteiger charge is 2.20. The molecule has 1 aliphatic rings. The number of carbonyl (C=O) groups excluding carboxylic acids is 1. The van der Waals surface area contributed by atoms with Crippen LogP contribution in [0.2, 0.25) is 0 Å². The van der Waals surface area contributed by atoms with Crippen molar-refractivity contribution >= 4 is 5.91 Å². The van der Waals surface area contributed by atoms with Crippen molar-refractivity contribution in [3.05, 3.63) is 29.8 Å². The number of nitrogens with one attached hydrogen (secondary N) is 2. The summed E-state index contributed by atoms with van der Waals surface area (Å²) in [7, 11) is 1.63. The van der Waals surface area contributed by atoms with E-state index in [4.69, 9.17) is 4.74 Å². The van der Waals surface area contributed by atoms with Gasteiger partial charge in [-0.3, -0.25) is 4.79 Å². The average Bonchev–Trinajstić information content (AvgIpc) is 3.21. The smallest absolute Gasteiger partial charge is 0.223 e. The maximum atomic E-state index is 11.1. The van der Waals surface area contributed by atoms with Gasteiger partial charge in [0.25, 0.3) is 0 Å². The summed E-state index contributed by atoms with van der Waals surface area (Å²) < 4.78 is 5.66. The first-order valence-electron chi connectivity index (χ1n) is 6.44. The maximum absolute atomic E-state index is 11.1. The van der Waals surface area contributed by atoms with E-state index in [9.17, 15) is 4.79 Å². The van der Waals surface area contributed by atoms with E-state index in [1.807, 2.05) is 18.2 Å². The van der Waals surface area contributed by atoms with E-state index in [0.29, 0.717) is 19.1 Å². The average molecular weight is 248 g/mol. The highest BCUT2D eigenvalue weighted by molar-refractivity contribution is 5.75. The largest absolute Gasteiger partial charge is 0.493 e. The number of carbonyl (C=O) groups is 1. The first kappa shape index (κ1) is 12.9. The van der Waals surface area contributed by atoms with Crippen molar-refractivity contribution in [3.8, 4) is 5.75 Å². The van der Waals surface area contributed by atoms with E-state index in [-0.39, 0.29) is 5.91 Å². The lowest BCUT2D eigenvalue weighted by atomic mass is 10.2. The first-order chi connectivity index (χ1) is 8.79. The van der Waals surface area contributed by atoms with Gasteiger partial charge in [0.1, 0.15) is 5.75 Å². The number of rotatable bonds is 7. The summed E-state index contributed by atoms with van der Waals surface area (Å²) in [4.78, 5) is 11.1. The minimum atomic E-state index is 0.00332. The molecule has 1 aromatic carbocycles.